The van der Waals surface area contributed by atoms with Crippen LogP contribution in [0.2, 0.25) is 0 Å². The topological polar surface area (TPSA) is 17.1 Å². The van der Waals surface area contributed by atoms with Crippen LogP contribution >= 0.6 is 0 Å². The van der Waals surface area contributed by atoms with Crippen molar-refractivity contribution in [1.29, 1.82) is 0 Å². The van der Waals surface area contributed by atoms with Gasteiger partial charge in [-0.25, -0.2) is 0 Å². The number of carbonyl (C=O) groups is 1. The third-order valence-electron chi connectivity index (χ3n) is 3.30. The van der Waals surface area contributed by atoms with Gasteiger partial charge < -0.3 is 0 Å². The molecule has 1 nitrogen and oxygen atoms in total. The average Bonchev–Trinajstić information content (AvgIpc) is 2.12. The molecule has 0 bridgehead atoms. The molecule has 1 fully saturated rings. The summed E-state index contributed by atoms with van der Waals surface area (Å²) in [6, 6.07) is 0. The number of rotatable bonds is 0. The number of allylic oxidation sites excluding steroid dienone is 4. The molecule has 13 heavy (non-hydrogen) atoms. The zero-order valence-electron chi connectivity index (χ0n) is 8.34. The predicted octanol–water partition coefficient (Wildman–Crippen LogP) is 2.88. The van der Waals surface area contributed by atoms with Gasteiger partial charge >= 0.3 is 0 Å². The van der Waals surface area contributed by atoms with E-state index in [0.29, 0.717) is 17.6 Å². The van der Waals surface area contributed by atoms with Gasteiger partial charge in [0, 0.05) is 12.0 Å². The van der Waals surface area contributed by atoms with Crippen molar-refractivity contribution in [3.63, 3.8) is 0 Å². The highest BCUT2D eigenvalue weighted by molar-refractivity contribution is 5.98. The monoisotopic (exact) mass is 176 g/mol. The first-order valence-electron chi connectivity index (χ1n) is 5.12. The molecule has 0 aromatic heterocycles. The molecule has 2 unspecified atom stereocenters. The van der Waals surface area contributed by atoms with Crippen molar-refractivity contribution in [3.8, 4) is 0 Å². The summed E-state index contributed by atoms with van der Waals surface area (Å²) in [4.78, 5) is 11.7. The highest BCUT2D eigenvalue weighted by Crippen LogP contribution is 2.38. The van der Waals surface area contributed by atoms with Crippen LogP contribution in [0.3, 0.4) is 0 Å². The molecule has 0 N–H and O–H groups in total. The maximum Gasteiger partial charge on any atom is 0.159 e. The summed E-state index contributed by atoms with van der Waals surface area (Å²) < 4.78 is 0. The molecule has 0 aliphatic heterocycles. The van der Waals surface area contributed by atoms with E-state index in [2.05, 4.69) is 26.0 Å². The van der Waals surface area contributed by atoms with Crippen LogP contribution in [0.1, 0.15) is 33.1 Å². The van der Waals surface area contributed by atoms with Crippen molar-refractivity contribution in [1.82, 2.24) is 0 Å². The fraction of sp³-hybridized carbons (Fsp3) is 0.583. The van der Waals surface area contributed by atoms with Crippen LogP contribution in [0.4, 0.5) is 0 Å². The lowest BCUT2D eigenvalue weighted by atomic mass is 9.72. The van der Waals surface area contributed by atoms with E-state index in [1.54, 1.807) is 0 Å². The molecule has 2 rings (SSSR count). The molecule has 0 heterocycles. The molecule has 2 aliphatic carbocycles. The van der Waals surface area contributed by atoms with E-state index in [4.69, 9.17) is 0 Å². The van der Waals surface area contributed by atoms with Gasteiger partial charge in [-0.2, -0.15) is 0 Å². The summed E-state index contributed by atoms with van der Waals surface area (Å²) in [7, 11) is 0. The number of Topliss-reactive ketones (excluding diaryl/α,β-unsaturated/α-hetero) is 1. The van der Waals surface area contributed by atoms with Gasteiger partial charge in [-0.1, -0.05) is 19.1 Å². The van der Waals surface area contributed by atoms with Gasteiger partial charge in [-0.3, -0.25) is 4.79 Å². The Balaban J connectivity index is 2.40. The Morgan fingerprint density at radius 1 is 1.46 bits per heavy atom. The first-order chi connectivity index (χ1) is 6.20. The Kier molecular flexibility index (Phi) is 2.10. The van der Waals surface area contributed by atoms with E-state index in [1.165, 1.54) is 12.0 Å². The van der Waals surface area contributed by atoms with Crippen molar-refractivity contribution < 1.29 is 4.79 Å². The zero-order chi connectivity index (χ0) is 9.42. The SMILES string of the molecule is CC1=C2C(=O)CCCC2C(C)C=C1. The van der Waals surface area contributed by atoms with E-state index >= 15 is 0 Å². The lowest BCUT2D eigenvalue weighted by molar-refractivity contribution is -0.117. The second kappa shape index (κ2) is 3.13. The van der Waals surface area contributed by atoms with Crippen LogP contribution in [0.15, 0.2) is 23.3 Å². The largest absolute Gasteiger partial charge is 0.295 e. The van der Waals surface area contributed by atoms with E-state index < -0.39 is 0 Å². The summed E-state index contributed by atoms with van der Waals surface area (Å²) >= 11 is 0. The minimum absolute atomic E-state index is 0.393. The first kappa shape index (κ1) is 8.74. The summed E-state index contributed by atoms with van der Waals surface area (Å²) in [5.41, 5.74) is 2.33. The molecule has 70 valence electrons. The summed E-state index contributed by atoms with van der Waals surface area (Å²) in [5, 5.41) is 0. The maximum absolute atomic E-state index is 11.7. The van der Waals surface area contributed by atoms with Crippen molar-refractivity contribution in [2.75, 3.05) is 0 Å². The van der Waals surface area contributed by atoms with Crippen molar-refractivity contribution in [3.05, 3.63) is 23.3 Å². The molecular formula is C12H16O. The molecule has 0 radical (unpaired) electrons. The lowest BCUT2D eigenvalue weighted by Crippen LogP contribution is -2.26. The molecule has 0 aromatic carbocycles. The first-order valence-corrected chi connectivity index (χ1v) is 5.12. The quantitative estimate of drug-likeness (QED) is 0.554. The molecule has 1 saturated carbocycles. The highest BCUT2D eigenvalue weighted by Gasteiger charge is 2.31. The van der Waals surface area contributed by atoms with Gasteiger partial charge in [-0.15, -0.1) is 0 Å². The Bertz CT molecular complexity index is 296. The lowest BCUT2D eigenvalue weighted by Gasteiger charge is -2.31. The molecule has 1 heteroatoms. The molecule has 2 aliphatic rings. The van der Waals surface area contributed by atoms with Gasteiger partial charge in [0.05, 0.1) is 0 Å². The molecule has 0 amide bonds. The molecule has 0 saturated heterocycles. The maximum atomic E-state index is 11.7. The van der Waals surface area contributed by atoms with Crippen LogP contribution in [0.5, 0.6) is 0 Å². The number of carbonyl (C=O) groups excluding carboxylic acids is 1. The Morgan fingerprint density at radius 2 is 2.23 bits per heavy atom. The van der Waals surface area contributed by atoms with Crippen LogP contribution in [0.25, 0.3) is 0 Å². The molecule has 0 spiro atoms. The summed E-state index contributed by atoms with van der Waals surface area (Å²) in [5.74, 6) is 1.47. The second-order valence-electron chi connectivity index (χ2n) is 4.24. The average molecular weight is 176 g/mol. The van der Waals surface area contributed by atoms with Crippen molar-refractivity contribution in [2.45, 2.75) is 33.1 Å². The number of hydrogen-bond donors (Lipinski definition) is 0. The van der Waals surface area contributed by atoms with Crippen LogP contribution in [0, 0.1) is 11.8 Å². The minimum Gasteiger partial charge on any atom is -0.295 e. The predicted molar refractivity (Wildman–Crippen MR) is 53.4 cm³/mol. The Morgan fingerprint density at radius 3 is 2.92 bits per heavy atom. The van der Waals surface area contributed by atoms with Gasteiger partial charge in [-0.05, 0) is 37.2 Å². The van der Waals surface area contributed by atoms with Gasteiger partial charge in [0.2, 0.25) is 0 Å². The van der Waals surface area contributed by atoms with Crippen molar-refractivity contribution >= 4 is 5.78 Å². The standard InChI is InChI=1S/C12H16O/c1-8-6-7-9(2)12-10(8)4-3-5-11(12)13/h6-8,10H,3-5H2,1-2H3. The van der Waals surface area contributed by atoms with E-state index in [-0.39, 0.29) is 0 Å². The van der Waals surface area contributed by atoms with Gasteiger partial charge in [0.1, 0.15) is 0 Å². The second-order valence-corrected chi connectivity index (χ2v) is 4.24. The van der Waals surface area contributed by atoms with Gasteiger partial charge in [0.25, 0.3) is 0 Å². The van der Waals surface area contributed by atoms with Crippen LogP contribution < -0.4 is 0 Å². The van der Waals surface area contributed by atoms with E-state index in [9.17, 15) is 4.79 Å². The minimum atomic E-state index is 0.393. The summed E-state index contributed by atoms with van der Waals surface area (Å²) in [6.07, 6.45) is 7.40. The van der Waals surface area contributed by atoms with E-state index in [1.807, 2.05) is 0 Å². The third kappa shape index (κ3) is 1.37. The normalized spacial score (nSPS) is 33.5. The van der Waals surface area contributed by atoms with Crippen LogP contribution in [-0.4, -0.2) is 5.78 Å². The third-order valence-corrected chi connectivity index (χ3v) is 3.30. The van der Waals surface area contributed by atoms with Crippen LogP contribution in [-0.2, 0) is 4.79 Å². The smallest absolute Gasteiger partial charge is 0.159 e. The fourth-order valence-corrected chi connectivity index (χ4v) is 2.53. The zero-order valence-corrected chi connectivity index (χ0v) is 8.34. The summed E-state index contributed by atoms with van der Waals surface area (Å²) in [6.45, 7) is 4.28. The van der Waals surface area contributed by atoms with Crippen molar-refractivity contribution in [2.24, 2.45) is 11.8 Å². The number of hydrogen-bond acceptors (Lipinski definition) is 1. The Hall–Kier alpha value is -0.850. The molecule has 2 atom stereocenters. The molecular weight excluding hydrogens is 160 g/mol. The van der Waals surface area contributed by atoms with Gasteiger partial charge in [0.15, 0.2) is 5.78 Å². The molecule has 0 aromatic rings. The number of ketones is 1. The van der Waals surface area contributed by atoms with E-state index in [0.717, 1.165) is 18.4 Å². The Labute approximate surface area is 79.5 Å². The number of fused-ring (bicyclic) bond motifs is 1. The fourth-order valence-electron chi connectivity index (χ4n) is 2.53. The highest BCUT2D eigenvalue weighted by atomic mass is 16.1.